The Bertz CT molecular complexity index is 289. The molecule has 1 saturated carbocycles. The van der Waals surface area contributed by atoms with E-state index in [-0.39, 0.29) is 0 Å². The number of nitrogens with two attached hydrogens (primary N) is 1. The van der Waals surface area contributed by atoms with Crippen molar-refractivity contribution in [3.05, 3.63) is 16.6 Å². The van der Waals surface area contributed by atoms with Crippen molar-refractivity contribution in [1.82, 2.24) is 9.55 Å². The molecule has 1 aromatic rings. The van der Waals surface area contributed by atoms with Crippen LogP contribution in [0.3, 0.4) is 0 Å². The Balaban J connectivity index is 2.30. The predicted octanol–water partition coefficient (Wildman–Crippen LogP) is 2.22. The maximum absolute atomic E-state index is 5.63. The fourth-order valence-corrected chi connectivity index (χ4v) is 2.67. The standard InChI is InChI=1S/C9H14BrN3/c10-8-6-12-9(5-11)13(8)7-3-1-2-4-7/h6-7H,1-5,11H2. The van der Waals surface area contributed by atoms with Crippen molar-refractivity contribution < 1.29 is 0 Å². The summed E-state index contributed by atoms with van der Waals surface area (Å²) < 4.78 is 3.31. The lowest BCUT2D eigenvalue weighted by Gasteiger charge is -2.15. The van der Waals surface area contributed by atoms with Crippen LogP contribution in [0.2, 0.25) is 0 Å². The molecule has 13 heavy (non-hydrogen) atoms. The summed E-state index contributed by atoms with van der Waals surface area (Å²) >= 11 is 3.51. The van der Waals surface area contributed by atoms with E-state index in [0.29, 0.717) is 12.6 Å². The van der Waals surface area contributed by atoms with Crippen LogP contribution >= 0.6 is 15.9 Å². The van der Waals surface area contributed by atoms with Crippen molar-refractivity contribution >= 4 is 15.9 Å². The van der Waals surface area contributed by atoms with Gasteiger partial charge in [-0.1, -0.05) is 12.8 Å². The van der Waals surface area contributed by atoms with E-state index in [1.165, 1.54) is 25.7 Å². The van der Waals surface area contributed by atoms with E-state index in [9.17, 15) is 0 Å². The van der Waals surface area contributed by atoms with Gasteiger partial charge in [0.2, 0.25) is 0 Å². The highest BCUT2D eigenvalue weighted by molar-refractivity contribution is 9.10. The van der Waals surface area contributed by atoms with Gasteiger partial charge in [-0.3, -0.25) is 0 Å². The monoisotopic (exact) mass is 243 g/mol. The molecule has 0 aliphatic heterocycles. The molecule has 1 fully saturated rings. The molecule has 0 radical (unpaired) electrons. The molecule has 0 aromatic carbocycles. The first-order valence-corrected chi connectivity index (χ1v) is 5.54. The van der Waals surface area contributed by atoms with Crippen LogP contribution in [0.15, 0.2) is 10.8 Å². The van der Waals surface area contributed by atoms with E-state index in [1.807, 2.05) is 6.20 Å². The number of hydrogen-bond donors (Lipinski definition) is 1. The zero-order valence-electron chi connectivity index (χ0n) is 7.54. The maximum Gasteiger partial charge on any atom is 0.123 e. The van der Waals surface area contributed by atoms with Crippen LogP contribution in [-0.2, 0) is 6.54 Å². The molecule has 4 heteroatoms. The molecule has 0 unspecified atom stereocenters. The van der Waals surface area contributed by atoms with Gasteiger partial charge in [0.25, 0.3) is 0 Å². The van der Waals surface area contributed by atoms with Gasteiger partial charge in [0.15, 0.2) is 0 Å². The molecular formula is C9H14BrN3. The Morgan fingerprint density at radius 2 is 2.23 bits per heavy atom. The SMILES string of the molecule is NCc1ncc(Br)n1C1CCCC1. The van der Waals surface area contributed by atoms with Gasteiger partial charge >= 0.3 is 0 Å². The molecule has 0 spiro atoms. The van der Waals surface area contributed by atoms with Gasteiger partial charge in [0.1, 0.15) is 10.4 Å². The van der Waals surface area contributed by atoms with Gasteiger partial charge in [0, 0.05) is 6.04 Å². The normalized spacial score (nSPS) is 18.3. The van der Waals surface area contributed by atoms with E-state index < -0.39 is 0 Å². The average molecular weight is 244 g/mol. The highest BCUT2D eigenvalue weighted by Crippen LogP contribution is 2.33. The van der Waals surface area contributed by atoms with Crippen molar-refractivity contribution in [1.29, 1.82) is 0 Å². The predicted molar refractivity (Wildman–Crippen MR) is 55.3 cm³/mol. The minimum absolute atomic E-state index is 0.530. The Labute approximate surface area is 86.5 Å². The van der Waals surface area contributed by atoms with Crippen molar-refractivity contribution in [2.24, 2.45) is 5.73 Å². The summed E-state index contributed by atoms with van der Waals surface area (Å²) in [6, 6.07) is 0.621. The number of rotatable bonds is 2. The molecule has 0 atom stereocenters. The summed E-state index contributed by atoms with van der Waals surface area (Å²) in [4.78, 5) is 4.27. The Morgan fingerprint density at radius 3 is 2.85 bits per heavy atom. The van der Waals surface area contributed by atoms with Gasteiger partial charge < -0.3 is 10.3 Å². The lowest BCUT2D eigenvalue weighted by Crippen LogP contribution is -2.12. The van der Waals surface area contributed by atoms with Crippen LogP contribution in [0.4, 0.5) is 0 Å². The Hall–Kier alpha value is -0.350. The molecule has 3 nitrogen and oxygen atoms in total. The number of aromatic nitrogens is 2. The van der Waals surface area contributed by atoms with Crippen LogP contribution in [-0.4, -0.2) is 9.55 Å². The summed E-state index contributed by atoms with van der Waals surface area (Å²) in [5.74, 6) is 0.999. The second-order valence-electron chi connectivity index (χ2n) is 3.51. The van der Waals surface area contributed by atoms with Crippen molar-refractivity contribution in [2.45, 2.75) is 38.3 Å². The third kappa shape index (κ3) is 1.65. The van der Waals surface area contributed by atoms with Crippen molar-refractivity contribution in [2.75, 3.05) is 0 Å². The summed E-state index contributed by atoms with van der Waals surface area (Å²) in [6.45, 7) is 0.530. The first kappa shape index (κ1) is 9.21. The molecule has 1 aliphatic rings. The van der Waals surface area contributed by atoms with E-state index >= 15 is 0 Å². The van der Waals surface area contributed by atoms with Gasteiger partial charge in [-0.2, -0.15) is 0 Å². The minimum Gasteiger partial charge on any atom is -0.324 e. The largest absolute Gasteiger partial charge is 0.324 e. The van der Waals surface area contributed by atoms with E-state index in [1.54, 1.807) is 0 Å². The molecule has 1 aromatic heterocycles. The summed E-state index contributed by atoms with van der Waals surface area (Å²) in [6.07, 6.45) is 7.04. The number of imidazole rings is 1. The van der Waals surface area contributed by atoms with E-state index in [0.717, 1.165) is 10.4 Å². The Morgan fingerprint density at radius 1 is 1.54 bits per heavy atom. The lowest BCUT2D eigenvalue weighted by molar-refractivity contribution is 0.490. The maximum atomic E-state index is 5.63. The third-order valence-electron chi connectivity index (χ3n) is 2.70. The molecule has 1 aliphatic carbocycles. The second-order valence-corrected chi connectivity index (χ2v) is 4.32. The zero-order valence-corrected chi connectivity index (χ0v) is 9.13. The summed E-state index contributed by atoms with van der Waals surface area (Å²) in [7, 11) is 0. The van der Waals surface area contributed by atoms with Gasteiger partial charge in [-0.15, -0.1) is 0 Å². The quantitative estimate of drug-likeness (QED) is 0.866. The molecule has 72 valence electrons. The van der Waals surface area contributed by atoms with E-state index in [4.69, 9.17) is 5.73 Å². The number of nitrogens with zero attached hydrogens (tertiary/aromatic N) is 2. The molecule has 1 heterocycles. The number of hydrogen-bond acceptors (Lipinski definition) is 2. The van der Waals surface area contributed by atoms with Crippen LogP contribution in [0.25, 0.3) is 0 Å². The van der Waals surface area contributed by atoms with Gasteiger partial charge in [-0.25, -0.2) is 4.98 Å². The summed E-state index contributed by atoms with van der Waals surface area (Å²) in [5, 5.41) is 0. The third-order valence-corrected chi connectivity index (χ3v) is 3.29. The number of halogens is 1. The minimum atomic E-state index is 0.530. The molecule has 0 amide bonds. The zero-order chi connectivity index (χ0) is 9.26. The second kappa shape index (κ2) is 3.80. The average Bonchev–Trinajstić information content (AvgIpc) is 2.72. The van der Waals surface area contributed by atoms with E-state index in [2.05, 4.69) is 25.5 Å². The molecule has 0 saturated heterocycles. The fourth-order valence-electron chi connectivity index (χ4n) is 2.07. The molecular weight excluding hydrogens is 230 g/mol. The topological polar surface area (TPSA) is 43.8 Å². The van der Waals surface area contributed by atoms with Crippen LogP contribution in [0.1, 0.15) is 37.5 Å². The highest BCUT2D eigenvalue weighted by Gasteiger charge is 2.20. The first-order chi connectivity index (χ1) is 6.33. The smallest absolute Gasteiger partial charge is 0.123 e. The van der Waals surface area contributed by atoms with Crippen LogP contribution < -0.4 is 5.73 Å². The molecule has 0 bridgehead atoms. The van der Waals surface area contributed by atoms with Gasteiger partial charge in [-0.05, 0) is 28.8 Å². The Kier molecular flexibility index (Phi) is 2.69. The first-order valence-electron chi connectivity index (χ1n) is 4.74. The molecule has 2 rings (SSSR count). The summed E-state index contributed by atoms with van der Waals surface area (Å²) in [5.41, 5.74) is 5.63. The van der Waals surface area contributed by atoms with Crippen molar-refractivity contribution in [3.63, 3.8) is 0 Å². The van der Waals surface area contributed by atoms with Crippen LogP contribution in [0, 0.1) is 0 Å². The van der Waals surface area contributed by atoms with Gasteiger partial charge in [0.05, 0.1) is 12.7 Å². The fraction of sp³-hybridized carbons (Fsp3) is 0.667. The van der Waals surface area contributed by atoms with Crippen LogP contribution in [0.5, 0.6) is 0 Å². The highest BCUT2D eigenvalue weighted by atomic mass is 79.9. The lowest BCUT2D eigenvalue weighted by atomic mass is 10.2. The molecule has 2 N–H and O–H groups in total. The van der Waals surface area contributed by atoms with Crippen molar-refractivity contribution in [3.8, 4) is 0 Å².